The van der Waals surface area contributed by atoms with Gasteiger partial charge in [0.15, 0.2) is 0 Å². The van der Waals surface area contributed by atoms with Crippen LogP contribution in [0, 0.1) is 11.3 Å². The number of nitrogens with one attached hydrogen (secondary N) is 1. The minimum absolute atomic E-state index is 0. The molecule has 98 valence electrons. The van der Waals surface area contributed by atoms with Gasteiger partial charge in [0, 0.05) is 19.1 Å². The molecular weight excluding hydrogens is 246 g/mol. The number of likely N-dealkylation sites (tertiary alicyclic amines) is 1. The van der Waals surface area contributed by atoms with Crippen LogP contribution in [0.4, 0.5) is 0 Å². The lowest BCUT2D eigenvalue weighted by Gasteiger charge is -2.32. The van der Waals surface area contributed by atoms with Crippen LogP contribution in [0.3, 0.4) is 0 Å². The summed E-state index contributed by atoms with van der Waals surface area (Å²) >= 11 is 0. The lowest BCUT2D eigenvalue weighted by Crippen LogP contribution is -2.43. The maximum atomic E-state index is 9.07. The maximum absolute atomic E-state index is 9.07. The molecule has 1 unspecified atom stereocenters. The second-order valence-electron chi connectivity index (χ2n) is 4.63. The van der Waals surface area contributed by atoms with Crippen molar-refractivity contribution in [1.29, 1.82) is 5.26 Å². The molecule has 1 heterocycles. The average Bonchev–Trinajstić information content (AvgIpc) is 2.39. The third kappa shape index (κ3) is 3.71. The van der Waals surface area contributed by atoms with Gasteiger partial charge in [-0.3, -0.25) is 4.90 Å². The Morgan fingerprint density at radius 3 is 2.94 bits per heavy atom. The van der Waals surface area contributed by atoms with E-state index >= 15 is 0 Å². The summed E-state index contributed by atoms with van der Waals surface area (Å²) in [5.41, 5.74) is 1.95. The number of hydrogen-bond donors (Lipinski definition) is 1. The highest BCUT2D eigenvalue weighted by Gasteiger charge is 2.18. The van der Waals surface area contributed by atoms with Crippen LogP contribution in [0.1, 0.15) is 24.0 Å². The van der Waals surface area contributed by atoms with E-state index in [1.54, 1.807) is 0 Å². The first-order chi connectivity index (χ1) is 8.33. The van der Waals surface area contributed by atoms with E-state index in [4.69, 9.17) is 5.26 Å². The molecule has 0 saturated carbocycles. The van der Waals surface area contributed by atoms with Crippen molar-refractivity contribution in [3.63, 3.8) is 0 Å². The fraction of sp³-hybridized carbons (Fsp3) is 0.500. The average molecular weight is 266 g/mol. The Morgan fingerprint density at radius 2 is 2.22 bits per heavy atom. The van der Waals surface area contributed by atoms with Gasteiger partial charge in [-0.1, -0.05) is 18.2 Å². The van der Waals surface area contributed by atoms with Gasteiger partial charge < -0.3 is 5.32 Å². The summed E-state index contributed by atoms with van der Waals surface area (Å²) < 4.78 is 0. The molecule has 0 bridgehead atoms. The largest absolute Gasteiger partial charge is 0.316 e. The highest BCUT2D eigenvalue weighted by atomic mass is 35.5. The standard InChI is InChI=1S/C14H19N3.ClH/c1-16-14-7-4-8-17(11-14)10-13-6-3-2-5-12(13)9-15;/h2-3,5-6,14,16H,4,7-8,10-11H2,1H3;1H. The zero-order valence-corrected chi connectivity index (χ0v) is 11.5. The number of benzene rings is 1. The molecule has 1 aromatic carbocycles. The van der Waals surface area contributed by atoms with Gasteiger partial charge in [0.2, 0.25) is 0 Å². The third-order valence-electron chi connectivity index (χ3n) is 3.45. The van der Waals surface area contributed by atoms with E-state index in [1.165, 1.54) is 12.8 Å². The van der Waals surface area contributed by atoms with E-state index in [0.29, 0.717) is 6.04 Å². The fourth-order valence-corrected chi connectivity index (χ4v) is 2.44. The number of halogens is 1. The van der Waals surface area contributed by atoms with Crippen molar-refractivity contribution >= 4 is 12.4 Å². The molecule has 1 aliphatic rings. The SMILES string of the molecule is CNC1CCCN(Cc2ccccc2C#N)C1.Cl. The number of rotatable bonds is 3. The summed E-state index contributed by atoms with van der Waals surface area (Å²) in [6, 6.07) is 10.8. The maximum Gasteiger partial charge on any atom is 0.0995 e. The van der Waals surface area contributed by atoms with Crippen molar-refractivity contribution in [2.24, 2.45) is 0 Å². The Labute approximate surface area is 115 Å². The monoisotopic (exact) mass is 265 g/mol. The van der Waals surface area contributed by atoms with Crippen LogP contribution >= 0.6 is 12.4 Å². The van der Waals surface area contributed by atoms with Gasteiger partial charge in [-0.25, -0.2) is 0 Å². The van der Waals surface area contributed by atoms with E-state index in [0.717, 1.165) is 30.8 Å². The first-order valence-corrected chi connectivity index (χ1v) is 6.21. The summed E-state index contributed by atoms with van der Waals surface area (Å²) in [7, 11) is 2.03. The molecule has 0 aromatic heterocycles. The molecule has 1 aliphatic heterocycles. The molecular formula is C14H20ClN3. The van der Waals surface area contributed by atoms with Crippen molar-refractivity contribution in [3.05, 3.63) is 35.4 Å². The first kappa shape index (κ1) is 15.0. The molecule has 1 atom stereocenters. The molecule has 4 heteroatoms. The lowest BCUT2D eigenvalue weighted by molar-refractivity contribution is 0.188. The highest BCUT2D eigenvalue weighted by molar-refractivity contribution is 5.85. The molecule has 1 N–H and O–H groups in total. The summed E-state index contributed by atoms with van der Waals surface area (Å²) in [5, 5.41) is 12.4. The summed E-state index contributed by atoms with van der Waals surface area (Å²) in [5.74, 6) is 0. The third-order valence-corrected chi connectivity index (χ3v) is 3.45. The van der Waals surface area contributed by atoms with Crippen LogP contribution in [0.15, 0.2) is 24.3 Å². The smallest absolute Gasteiger partial charge is 0.0995 e. The molecule has 2 rings (SSSR count). The van der Waals surface area contributed by atoms with Crippen LogP contribution in [0.5, 0.6) is 0 Å². The molecule has 1 aromatic rings. The summed E-state index contributed by atoms with van der Waals surface area (Å²) in [6.45, 7) is 3.11. The molecule has 18 heavy (non-hydrogen) atoms. The molecule has 0 amide bonds. The summed E-state index contributed by atoms with van der Waals surface area (Å²) in [6.07, 6.45) is 2.49. The first-order valence-electron chi connectivity index (χ1n) is 6.21. The minimum Gasteiger partial charge on any atom is -0.316 e. The van der Waals surface area contributed by atoms with Gasteiger partial charge in [-0.05, 0) is 38.1 Å². The Kier molecular flexibility index (Phi) is 6.14. The predicted octanol–water partition coefficient (Wildman–Crippen LogP) is 2.16. The van der Waals surface area contributed by atoms with Gasteiger partial charge in [0.25, 0.3) is 0 Å². The number of hydrogen-bond acceptors (Lipinski definition) is 3. The number of piperidine rings is 1. The van der Waals surface area contributed by atoms with Crippen molar-refractivity contribution in [3.8, 4) is 6.07 Å². The molecule has 0 spiro atoms. The number of nitriles is 1. The Bertz CT molecular complexity index is 414. The number of likely N-dealkylation sites (N-methyl/N-ethyl adjacent to an activating group) is 1. The molecule has 0 radical (unpaired) electrons. The van der Waals surface area contributed by atoms with Crippen molar-refractivity contribution in [2.75, 3.05) is 20.1 Å². The van der Waals surface area contributed by atoms with E-state index < -0.39 is 0 Å². The van der Waals surface area contributed by atoms with E-state index in [2.05, 4.69) is 22.4 Å². The van der Waals surface area contributed by atoms with E-state index in [-0.39, 0.29) is 12.4 Å². The van der Waals surface area contributed by atoms with E-state index in [1.807, 2.05) is 25.2 Å². The van der Waals surface area contributed by atoms with Gasteiger partial charge >= 0.3 is 0 Å². The minimum atomic E-state index is 0. The van der Waals surface area contributed by atoms with Crippen molar-refractivity contribution in [1.82, 2.24) is 10.2 Å². The van der Waals surface area contributed by atoms with Crippen molar-refractivity contribution < 1.29 is 0 Å². The second kappa shape index (κ2) is 7.38. The van der Waals surface area contributed by atoms with Crippen molar-refractivity contribution in [2.45, 2.75) is 25.4 Å². The Hall–Kier alpha value is -1.08. The van der Waals surface area contributed by atoms with Gasteiger partial charge in [0.1, 0.15) is 0 Å². The Morgan fingerprint density at radius 1 is 1.44 bits per heavy atom. The van der Waals surface area contributed by atoms with Crippen LogP contribution in [0.25, 0.3) is 0 Å². The van der Waals surface area contributed by atoms with Crippen LogP contribution < -0.4 is 5.32 Å². The summed E-state index contributed by atoms with van der Waals surface area (Å²) in [4.78, 5) is 2.43. The zero-order valence-electron chi connectivity index (χ0n) is 10.7. The second-order valence-corrected chi connectivity index (χ2v) is 4.63. The van der Waals surface area contributed by atoms with E-state index in [9.17, 15) is 0 Å². The van der Waals surface area contributed by atoms with Gasteiger partial charge in [-0.2, -0.15) is 5.26 Å². The van der Waals surface area contributed by atoms with Crippen LogP contribution in [0.2, 0.25) is 0 Å². The lowest BCUT2D eigenvalue weighted by atomic mass is 10.0. The van der Waals surface area contributed by atoms with Gasteiger partial charge in [0.05, 0.1) is 11.6 Å². The predicted molar refractivity (Wildman–Crippen MR) is 75.8 cm³/mol. The Balaban J connectivity index is 0.00000162. The molecule has 1 saturated heterocycles. The normalized spacial score (nSPS) is 19.9. The molecule has 1 fully saturated rings. The van der Waals surface area contributed by atoms with Crippen LogP contribution in [-0.4, -0.2) is 31.1 Å². The fourth-order valence-electron chi connectivity index (χ4n) is 2.44. The molecule has 3 nitrogen and oxygen atoms in total. The highest BCUT2D eigenvalue weighted by Crippen LogP contribution is 2.15. The zero-order chi connectivity index (χ0) is 12.1. The topological polar surface area (TPSA) is 39.1 Å². The van der Waals surface area contributed by atoms with Crippen LogP contribution in [-0.2, 0) is 6.54 Å². The quantitative estimate of drug-likeness (QED) is 0.910. The number of nitrogens with zero attached hydrogens (tertiary/aromatic N) is 2. The molecule has 0 aliphatic carbocycles. The van der Waals surface area contributed by atoms with Gasteiger partial charge in [-0.15, -0.1) is 12.4 Å².